The standard InChI is InChI=1S/C51H50N4O11/c1-61-28-29-63-50(60)54-39-15-9-8-14-38(39)51(49(54)59)42(47(57)53-24-22-52(23-25-53)31-33-16-21-40-41(30-33)65-32-64-40)44-48(58)66-45(35-12-6-3-7-13-35)43(34-10-4-2-5-11-34)55(44)46(51)36-17-19-37(20-18-36)62-27-26-56/h2-21,30,42-46,56H,22-29,31-32H2,1H3. The zero-order valence-electron chi connectivity index (χ0n) is 36.4. The molecule has 0 radical (unpaired) electrons. The van der Waals surface area contributed by atoms with Crippen molar-refractivity contribution in [2.75, 3.05) is 71.4 Å². The molecule has 6 unspecified atom stereocenters. The molecule has 340 valence electrons. The average Bonchev–Trinajstić information content (AvgIpc) is 4.03. The Bertz CT molecular complexity index is 2590. The number of hydrogen-bond donors (Lipinski definition) is 1. The fraction of sp³-hybridized carbons (Fsp3) is 0.333. The van der Waals surface area contributed by atoms with Crippen LogP contribution in [-0.4, -0.2) is 116 Å². The molecule has 10 rings (SSSR count). The number of rotatable bonds is 12. The molecule has 6 atom stereocenters. The molecule has 0 bridgehead atoms. The van der Waals surface area contributed by atoms with Crippen molar-refractivity contribution >= 4 is 29.6 Å². The van der Waals surface area contributed by atoms with Crippen LogP contribution in [0.4, 0.5) is 10.5 Å². The van der Waals surface area contributed by atoms with E-state index in [9.17, 15) is 9.90 Å². The number of imide groups is 1. The highest BCUT2D eigenvalue weighted by atomic mass is 16.7. The Labute approximate surface area is 381 Å². The molecule has 15 heteroatoms. The number of nitrogens with zero attached hydrogens (tertiary/aromatic N) is 4. The zero-order valence-corrected chi connectivity index (χ0v) is 36.4. The van der Waals surface area contributed by atoms with E-state index in [-0.39, 0.29) is 38.9 Å². The number of carbonyl (C=O) groups excluding carboxylic acids is 4. The van der Waals surface area contributed by atoms with Gasteiger partial charge in [-0.15, -0.1) is 0 Å². The van der Waals surface area contributed by atoms with Gasteiger partial charge in [0.15, 0.2) is 11.5 Å². The molecule has 0 saturated carbocycles. The first-order chi connectivity index (χ1) is 32.3. The lowest BCUT2D eigenvalue weighted by molar-refractivity contribution is -0.179. The largest absolute Gasteiger partial charge is 0.491 e. The molecule has 3 fully saturated rings. The van der Waals surface area contributed by atoms with Crippen LogP contribution in [-0.2, 0) is 40.6 Å². The number of morpholine rings is 1. The summed E-state index contributed by atoms with van der Waals surface area (Å²) in [6.45, 7) is 2.29. The Kier molecular flexibility index (Phi) is 11.9. The third-order valence-electron chi connectivity index (χ3n) is 13.4. The second-order valence-electron chi connectivity index (χ2n) is 17.0. The number of methoxy groups -OCH3 is 1. The number of para-hydroxylation sites is 1. The highest BCUT2D eigenvalue weighted by Crippen LogP contribution is 2.66. The van der Waals surface area contributed by atoms with Gasteiger partial charge in [0.05, 0.1) is 36.9 Å². The summed E-state index contributed by atoms with van der Waals surface area (Å²) in [5.74, 6) is -1.27. The molecule has 3 amide bonds. The summed E-state index contributed by atoms with van der Waals surface area (Å²) in [6, 6.07) is 36.1. The van der Waals surface area contributed by atoms with Crippen molar-refractivity contribution < 1.29 is 52.7 Å². The quantitative estimate of drug-likeness (QED) is 0.123. The minimum absolute atomic E-state index is 0.0636. The Hall–Kier alpha value is -6.78. The van der Waals surface area contributed by atoms with Crippen molar-refractivity contribution in [2.45, 2.75) is 36.2 Å². The van der Waals surface area contributed by atoms with Gasteiger partial charge >= 0.3 is 12.1 Å². The van der Waals surface area contributed by atoms with Crippen LogP contribution in [0, 0.1) is 5.92 Å². The number of amides is 3. The summed E-state index contributed by atoms with van der Waals surface area (Å²) >= 11 is 0. The number of aliphatic hydroxyl groups is 1. The van der Waals surface area contributed by atoms with Crippen LogP contribution in [0.25, 0.3) is 0 Å². The molecule has 66 heavy (non-hydrogen) atoms. The number of esters is 1. The number of benzene rings is 5. The fourth-order valence-electron chi connectivity index (χ4n) is 10.6. The van der Waals surface area contributed by atoms with Gasteiger partial charge in [-0.25, -0.2) is 9.69 Å². The third-order valence-corrected chi connectivity index (χ3v) is 13.4. The molecule has 1 N–H and O–H groups in total. The van der Waals surface area contributed by atoms with Crippen LogP contribution in [0.1, 0.15) is 46.0 Å². The van der Waals surface area contributed by atoms with E-state index in [4.69, 9.17) is 28.4 Å². The van der Waals surface area contributed by atoms with Crippen LogP contribution in [0.3, 0.4) is 0 Å². The van der Waals surface area contributed by atoms with E-state index in [0.717, 1.165) is 21.6 Å². The fourth-order valence-corrected chi connectivity index (χ4v) is 10.6. The zero-order chi connectivity index (χ0) is 45.4. The Morgan fingerprint density at radius 1 is 0.742 bits per heavy atom. The Morgan fingerprint density at radius 2 is 1.44 bits per heavy atom. The molecule has 0 aromatic heterocycles. The lowest BCUT2D eigenvalue weighted by Crippen LogP contribution is -2.59. The second kappa shape index (κ2) is 18.2. The molecule has 5 aromatic rings. The highest BCUT2D eigenvalue weighted by molar-refractivity contribution is 6.23. The Morgan fingerprint density at radius 3 is 2.17 bits per heavy atom. The van der Waals surface area contributed by atoms with Crippen molar-refractivity contribution in [3.63, 3.8) is 0 Å². The molecule has 3 saturated heterocycles. The summed E-state index contributed by atoms with van der Waals surface area (Å²) in [4.78, 5) is 68.9. The van der Waals surface area contributed by atoms with E-state index in [1.807, 2.05) is 95.9 Å². The number of fused-ring (bicyclic) bond motifs is 4. The van der Waals surface area contributed by atoms with E-state index < -0.39 is 59.4 Å². The van der Waals surface area contributed by atoms with E-state index in [1.54, 1.807) is 41.3 Å². The minimum atomic E-state index is -1.88. The lowest BCUT2D eigenvalue weighted by atomic mass is 9.65. The third kappa shape index (κ3) is 7.41. The average molecular weight is 895 g/mol. The van der Waals surface area contributed by atoms with E-state index in [0.29, 0.717) is 61.1 Å². The number of piperazine rings is 1. The second-order valence-corrected chi connectivity index (χ2v) is 17.0. The van der Waals surface area contributed by atoms with Gasteiger partial charge in [-0.05, 0) is 58.1 Å². The molecular formula is C51H50N4O11. The predicted octanol–water partition coefficient (Wildman–Crippen LogP) is 5.58. The summed E-state index contributed by atoms with van der Waals surface area (Å²) in [6.07, 6.45) is -1.79. The van der Waals surface area contributed by atoms with Gasteiger partial charge in [-0.3, -0.25) is 24.2 Å². The maximum atomic E-state index is 16.2. The SMILES string of the molecule is COCCOC(=O)N1C(=O)C2(c3ccccc31)C(C(=O)N1CCN(Cc3ccc4c(c3)OCO4)CC1)C1C(=O)OC(c3ccccc3)C(c3ccccc3)N1C2c1ccc(OCCO)cc1. The molecule has 15 nitrogen and oxygen atoms in total. The molecule has 5 aromatic carbocycles. The highest BCUT2D eigenvalue weighted by Gasteiger charge is 2.76. The molecule has 5 heterocycles. The normalized spacial score (nSPS) is 24.5. The number of ether oxygens (including phenoxy) is 6. The summed E-state index contributed by atoms with van der Waals surface area (Å²) in [5.41, 5.74) is 1.95. The molecule has 5 aliphatic rings. The molecular weight excluding hydrogens is 845 g/mol. The van der Waals surface area contributed by atoms with Crippen molar-refractivity contribution in [3.8, 4) is 17.2 Å². The maximum Gasteiger partial charge on any atom is 0.421 e. The molecule has 1 spiro atoms. The first-order valence-corrected chi connectivity index (χ1v) is 22.2. The predicted molar refractivity (Wildman–Crippen MR) is 239 cm³/mol. The van der Waals surface area contributed by atoms with Gasteiger partial charge in [0, 0.05) is 39.8 Å². The van der Waals surface area contributed by atoms with Crippen LogP contribution < -0.4 is 19.1 Å². The first-order valence-electron chi connectivity index (χ1n) is 22.2. The summed E-state index contributed by atoms with van der Waals surface area (Å²) < 4.78 is 34.4. The van der Waals surface area contributed by atoms with E-state index >= 15 is 14.4 Å². The first kappa shape index (κ1) is 43.1. The number of carbonyl (C=O) groups is 4. The van der Waals surface area contributed by atoms with Gasteiger partial charge in [-0.2, -0.15) is 0 Å². The molecule has 0 aliphatic carbocycles. The van der Waals surface area contributed by atoms with E-state index in [1.165, 1.54) is 7.11 Å². The van der Waals surface area contributed by atoms with Crippen LogP contribution >= 0.6 is 0 Å². The van der Waals surface area contributed by atoms with Gasteiger partial charge in [0.1, 0.15) is 36.5 Å². The van der Waals surface area contributed by atoms with Crippen molar-refractivity contribution in [1.29, 1.82) is 0 Å². The lowest BCUT2D eigenvalue weighted by Gasteiger charge is -2.46. The smallest absolute Gasteiger partial charge is 0.421 e. The van der Waals surface area contributed by atoms with Gasteiger partial charge in [0.2, 0.25) is 18.6 Å². The van der Waals surface area contributed by atoms with Gasteiger partial charge < -0.3 is 38.4 Å². The van der Waals surface area contributed by atoms with Crippen molar-refractivity contribution in [2.24, 2.45) is 5.92 Å². The van der Waals surface area contributed by atoms with Crippen LogP contribution in [0.5, 0.6) is 17.2 Å². The molecule has 5 aliphatic heterocycles. The Balaban J connectivity index is 1.14. The number of cyclic esters (lactones) is 1. The van der Waals surface area contributed by atoms with E-state index in [2.05, 4.69) is 4.90 Å². The summed E-state index contributed by atoms with van der Waals surface area (Å²) in [7, 11) is 1.48. The van der Waals surface area contributed by atoms with Gasteiger partial charge in [-0.1, -0.05) is 97.1 Å². The number of aliphatic hydroxyl groups excluding tert-OH is 1. The number of hydrogen-bond acceptors (Lipinski definition) is 13. The maximum absolute atomic E-state index is 16.2. The van der Waals surface area contributed by atoms with Crippen LogP contribution in [0.2, 0.25) is 0 Å². The summed E-state index contributed by atoms with van der Waals surface area (Å²) in [5, 5.41) is 9.55. The monoisotopic (exact) mass is 894 g/mol. The minimum Gasteiger partial charge on any atom is -0.491 e. The van der Waals surface area contributed by atoms with Crippen molar-refractivity contribution in [3.05, 3.63) is 155 Å². The van der Waals surface area contributed by atoms with Crippen LogP contribution in [0.15, 0.2) is 127 Å². The topological polar surface area (TPSA) is 157 Å². The van der Waals surface area contributed by atoms with Gasteiger partial charge in [0.25, 0.3) is 0 Å². The number of anilines is 1. The van der Waals surface area contributed by atoms with Crippen molar-refractivity contribution in [1.82, 2.24) is 14.7 Å².